The van der Waals surface area contributed by atoms with Gasteiger partial charge in [0.15, 0.2) is 6.61 Å². The number of nitrogens with zero attached hydrogens (tertiary/aromatic N) is 2. The molecule has 1 aromatic heterocycles. The maximum absolute atomic E-state index is 11.8. The number of halogens is 3. The van der Waals surface area contributed by atoms with Crippen LogP contribution in [0.3, 0.4) is 0 Å². The number of nitrogen functional groups attached to an aromatic ring is 1. The Bertz CT molecular complexity index is 408. The van der Waals surface area contributed by atoms with Crippen LogP contribution < -0.4 is 10.5 Å². The second-order valence-electron chi connectivity index (χ2n) is 2.75. The summed E-state index contributed by atoms with van der Waals surface area (Å²) in [5.41, 5.74) is 4.68. The Balaban J connectivity index is 2.85. The molecule has 0 aliphatic carbocycles. The van der Waals surface area contributed by atoms with Crippen molar-refractivity contribution in [2.75, 3.05) is 12.3 Å². The van der Waals surface area contributed by atoms with Crippen LogP contribution in [-0.4, -0.2) is 22.7 Å². The number of pyridine rings is 1. The third-order valence-corrected chi connectivity index (χ3v) is 1.40. The zero-order valence-corrected chi connectivity index (χ0v) is 7.69. The number of nitrogens with two attached hydrogens (primary N) is 1. The summed E-state index contributed by atoms with van der Waals surface area (Å²) >= 11 is 0. The van der Waals surface area contributed by atoms with Crippen LogP contribution in [-0.2, 0) is 0 Å². The zero-order chi connectivity index (χ0) is 12.3. The summed E-state index contributed by atoms with van der Waals surface area (Å²) in [5.74, 6) is -0.824. The molecule has 0 atom stereocenters. The monoisotopic (exact) mass is 237 g/mol. The SMILES string of the molecule is Nc1cc([N+](=O)[O-])cc(OCC(F)(F)F)n1. The third-order valence-electron chi connectivity index (χ3n) is 1.40. The summed E-state index contributed by atoms with van der Waals surface area (Å²) in [5, 5.41) is 10.4. The summed E-state index contributed by atoms with van der Waals surface area (Å²) < 4.78 is 39.6. The van der Waals surface area contributed by atoms with Gasteiger partial charge in [0.25, 0.3) is 5.69 Å². The van der Waals surface area contributed by atoms with E-state index in [9.17, 15) is 23.3 Å². The van der Waals surface area contributed by atoms with Crippen molar-refractivity contribution < 1.29 is 22.8 Å². The topological polar surface area (TPSA) is 91.3 Å². The van der Waals surface area contributed by atoms with E-state index in [-0.39, 0.29) is 5.82 Å². The molecule has 0 saturated heterocycles. The first-order valence-electron chi connectivity index (χ1n) is 3.89. The maximum Gasteiger partial charge on any atom is 0.422 e. The molecule has 16 heavy (non-hydrogen) atoms. The van der Waals surface area contributed by atoms with E-state index >= 15 is 0 Å². The number of ether oxygens (including phenoxy) is 1. The number of nitro groups is 1. The second-order valence-corrected chi connectivity index (χ2v) is 2.75. The summed E-state index contributed by atoms with van der Waals surface area (Å²) in [6.45, 7) is -1.58. The highest BCUT2D eigenvalue weighted by atomic mass is 19.4. The Labute approximate surface area is 87.0 Å². The Morgan fingerprint density at radius 2 is 2.12 bits per heavy atom. The first-order valence-corrected chi connectivity index (χ1v) is 3.89. The van der Waals surface area contributed by atoms with E-state index in [1.807, 2.05) is 0 Å². The fourth-order valence-electron chi connectivity index (χ4n) is 0.847. The number of rotatable bonds is 3. The summed E-state index contributed by atoms with van der Waals surface area (Å²) in [7, 11) is 0. The Kier molecular flexibility index (Phi) is 3.16. The molecule has 1 rings (SSSR count). The van der Waals surface area contributed by atoms with Gasteiger partial charge in [-0.1, -0.05) is 0 Å². The molecule has 88 valence electrons. The van der Waals surface area contributed by atoms with Crippen LogP contribution in [0.15, 0.2) is 12.1 Å². The average molecular weight is 237 g/mol. The van der Waals surface area contributed by atoms with Crippen molar-refractivity contribution in [3.63, 3.8) is 0 Å². The van der Waals surface area contributed by atoms with Crippen LogP contribution in [0.5, 0.6) is 5.88 Å². The van der Waals surface area contributed by atoms with Crippen molar-refractivity contribution in [2.24, 2.45) is 0 Å². The molecule has 0 bridgehead atoms. The van der Waals surface area contributed by atoms with Gasteiger partial charge in [-0.3, -0.25) is 10.1 Å². The van der Waals surface area contributed by atoms with E-state index in [0.29, 0.717) is 0 Å². The Morgan fingerprint density at radius 3 is 2.62 bits per heavy atom. The molecule has 0 saturated carbocycles. The van der Waals surface area contributed by atoms with Crippen LogP contribution >= 0.6 is 0 Å². The van der Waals surface area contributed by atoms with Crippen molar-refractivity contribution in [3.05, 3.63) is 22.2 Å². The number of alkyl halides is 3. The molecular formula is C7H6F3N3O3. The molecule has 0 spiro atoms. The lowest BCUT2D eigenvalue weighted by Gasteiger charge is -2.08. The lowest BCUT2D eigenvalue weighted by Crippen LogP contribution is -2.19. The number of hydrogen-bond donors (Lipinski definition) is 1. The van der Waals surface area contributed by atoms with E-state index in [2.05, 4.69) is 9.72 Å². The molecule has 6 nitrogen and oxygen atoms in total. The molecule has 0 radical (unpaired) electrons. The highest BCUT2D eigenvalue weighted by molar-refractivity contribution is 5.45. The van der Waals surface area contributed by atoms with Crippen LogP contribution in [0.4, 0.5) is 24.7 Å². The molecule has 1 heterocycles. The van der Waals surface area contributed by atoms with Crippen molar-refractivity contribution in [1.29, 1.82) is 0 Å². The highest BCUT2D eigenvalue weighted by Crippen LogP contribution is 2.22. The highest BCUT2D eigenvalue weighted by Gasteiger charge is 2.29. The normalized spacial score (nSPS) is 11.2. The van der Waals surface area contributed by atoms with Crippen molar-refractivity contribution in [3.8, 4) is 5.88 Å². The van der Waals surface area contributed by atoms with Gasteiger partial charge < -0.3 is 10.5 Å². The zero-order valence-electron chi connectivity index (χ0n) is 7.69. The fraction of sp³-hybridized carbons (Fsp3) is 0.286. The molecule has 0 unspecified atom stereocenters. The molecule has 1 aromatic rings. The van der Waals surface area contributed by atoms with Crippen molar-refractivity contribution in [2.45, 2.75) is 6.18 Å². The van der Waals surface area contributed by atoms with E-state index in [1.165, 1.54) is 0 Å². The van der Waals surface area contributed by atoms with Gasteiger partial charge in [-0.05, 0) is 0 Å². The summed E-state index contributed by atoms with van der Waals surface area (Å²) in [4.78, 5) is 12.9. The Hall–Kier alpha value is -2.06. The van der Waals surface area contributed by atoms with Crippen LogP contribution in [0.25, 0.3) is 0 Å². The molecule has 0 amide bonds. The van der Waals surface area contributed by atoms with E-state index in [1.54, 1.807) is 0 Å². The van der Waals surface area contributed by atoms with Gasteiger partial charge in [-0.15, -0.1) is 0 Å². The fourth-order valence-corrected chi connectivity index (χ4v) is 0.847. The molecule has 0 aromatic carbocycles. The molecule has 0 fully saturated rings. The predicted molar refractivity (Wildman–Crippen MR) is 46.9 cm³/mol. The van der Waals surface area contributed by atoms with Gasteiger partial charge in [-0.2, -0.15) is 18.2 Å². The minimum Gasteiger partial charge on any atom is -0.468 e. The molecule has 0 aliphatic heterocycles. The average Bonchev–Trinajstić information content (AvgIpc) is 2.13. The quantitative estimate of drug-likeness (QED) is 0.635. The largest absolute Gasteiger partial charge is 0.468 e. The van der Waals surface area contributed by atoms with Crippen molar-refractivity contribution >= 4 is 11.5 Å². The third kappa shape index (κ3) is 3.59. The first kappa shape index (κ1) is 12.0. The number of hydrogen-bond acceptors (Lipinski definition) is 5. The summed E-state index contributed by atoms with van der Waals surface area (Å²) in [6.07, 6.45) is -4.54. The second kappa shape index (κ2) is 4.21. The Morgan fingerprint density at radius 1 is 1.50 bits per heavy atom. The van der Waals surface area contributed by atoms with Crippen molar-refractivity contribution in [1.82, 2.24) is 4.98 Å². The molecular weight excluding hydrogens is 231 g/mol. The molecule has 2 N–H and O–H groups in total. The van der Waals surface area contributed by atoms with E-state index < -0.39 is 29.3 Å². The lowest BCUT2D eigenvalue weighted by molar-refractivity contribution is -0.384. The number of aromatic nitrogens is 1. The maximum atomic E-state index is 11.8. The molecule has 0 aliphatic rings. The summed E-state index contributed by atoms with van der Waals surface area (Å²) in [6, 6.07) is 1.68. The predicted octanol–water partition coefficient (Wildman–Crippen LogP) is 1.51. The molecule has 9 heteroatoms. The number of anilines is 1. The van der Waals surface area contributed by atoms with Gasteiger partial charge in [0.1, 0.15) is 5.82 Å². The van der Waals surface area contributed by atoms with Gasteiger partial charge in [0, 0.05) is 0 Å². The minimum absolute atomic E-state index is 0.286. The van der Waals surface area contributed by atoms with Gasteiger partial charge >= 0.3 is 6.18 Å². The van der Waals surface area contributed by atoms with Gasteiger partial charge in [0.05, 0.1) is 17.1 Å². The minimum atomic E-state index is -4.54. The first-order chi connectivity index (χ1) is 7.28. The van der Waals surface area contributed by atoms with Crippen LogP contribution in [0.2, 0.25) is 0 Å². The van der Waals surface area contributed by atoms with Crippen LogP contribution in [0, 0.1) is 10.1 Å². The van der Waals surface area contributed by atoms with E-state index in [4.69, 9.17) is 5.73 Å². The van der Waals surface area contributed by atoms with E-state index in [0.717, 1.165) is 12.1 Å². The van der Waals surface area contributed by atoms with Gasteiger partial charge in [-0.25, -0.2) is 0 Å². The van der Waals surface area contributed by atoms with Gasteiger partial charge in [0.2, 0.25) is 5.88 Å². The lowest BCUT2D eigenvalue weighted by atomic mass is 10.4. The standard InChI is InChI=1S/C7H6F3N3O3/c8-7(9,10)3-16-6-2-4(13(14)15)1-5(11)12-6/h1-2H,3H2,(H2,11,12). The smallest absolute Gasteiger partial charge is 0.422 e. The van der Waals surface area contributed by atoms with Crippen LogP contribution in [0.1, 0.15) is 0 Å².